The van der Waals surface area contributed by atoms with Gasteiger partial charge in [0, 0.05) is 0 Å². The Labute approximate surface area is 120 Å². The molecule has 4 heteroatoms. The molecule has 0 aromatic heterocycles. The molecule has 4 nitrogen and oxygen atoms in total. The Morgan fingerprint density at radius 3 is 2.45 bits per heavy atom. The first kappa shape index (κ1) is 15.2. The molecule has 2 rings (SSSR count). The van der Waals surface area contributed by atoms with Crippen molar-refractivity contribution in [2.45, 2.75) is 70.4 Å². The predicted molar refractivity (Wildman–Crippen MR) is 76.9 cm³/mol. The Morgan fingerprint density at radius 2 is 1.70 bits per heavy atom. The average molecular weight is 276 g/mol. The molecule has 0 heterocycles. The molecule has 0 saturated heterocycles. The molecule has 0 bridgehead atoms. The van der Waals surface area contributed by atoms with E-state index >= 15 is 0 Å². The molecule has 5 atom stereocenters. The summed E-state index contributed by atoms with van der Waals surface area (Å²) >= 11 is 0. The summed E-state index contributed by atoms with van der Waals surface area (Å²) < 4.78 is 0. The Kier molecular flexibility index (Phi) is 5.70. The van der Waals surface area contributed by atoms with Crippen LogP contribution in [0.5, 0.6) is 0 Å². The van der Waals surface area contributed by atoms with E-state index in [2.05, 4.69) is 16.9 Å². The van der Waals surface area contributed by atoms with Crippen LogP contribution in [0.4, 0.5) is 0 Å². The van der Waals surface area contributed by atoms with Gasteiger partial charge in [-0.05, 0) is 56.3 Å². The van der Waals surface area contributed by atoms with Gasteiger partial charge in [0.05, 0.1) is 12.1 Å². The third-order valence-electron chi connectivity index (χ3n) is 5.26. The molecule has 0 spiro atoms. The fourth-order valence-electron chi connectivity index (χ4n) is 4.00. The number of aliphatic imine (C=N–C) groups is 2. The Bertz CT molecular complexity index is 411. The fraction of sp³-hybridized carbons (Fsp3) is 0.875. The number of rotatable bonds is 4. The summed E-state index contributed by atoms with van der Waals surface area (Å²) in [5.74, 6) is 1.78. The van der Waals surface area contributed by atoms with Crippen molar-refractivity contribution >= 4 is 12.2 Å². The molecule has 2 aliphatic carbocycles. The van der Waals surface area contributed by atoms with Gasteiger partial charge in [-0.25, -0.2) is 19.6 Å². The number of carbonyl (C=O) groups excluding carboxylic acids is 2. The van der Waals surface area contributed by atoms with Gasteiger partial charge in [0.15, 0.2) is 0 Å². The zero-order valence-electron chi connectivity index (χ0n) is 12.3. The van der Waals surface area contributed by atoms with Gasteiger partial charge in [-0.15, -0.1) is 0 Å². The molecule has 2 aliphatic rings. The van der Waals surface area contributed by atoms with Crippen LogP contribution in [0.2, 0.25) is 0 Å². The summed E-state index contributed by atoms with van der Waals surface area (Å²) in [5.41, 5.74) is 0. The predicted octanol–water partition coefficient (Wildman–Crippen LogP) is 3.41. The number of nitrogens with zero attached hydrogens (tertiary/aromatic N) is 2. The molecular formula is C16H24N2O2. The molecular weight excluding hydrogens is 252 g/mol. The van der Waals surface area contributed by atoms with Crippen LogP contribution in [0, 0.1) is 17.8 Å². The van der Waals surface area contributed by atoms with Crippen LogP contribution in [0.15, 0.2) is 9.98 Å². The summed E-state index contributed by atoms with van der Waals surface area (Å²) in [7, 11) is 0. The molecule has 0 amide bonds. The highest BCUT2D eigenvalue weighted by molar-refractivity contribution is 5.34. The Balaban J connectivity index is 1.98. The SMILES string of the molecule is CC1CCC(N=C=O)CC1CC1CCCCC1N=C=O. The lowest BCUT2D eigenvalue weighted by molar-refractivity contribution is 0.165. The molecule has 2 saturated carbocycles. The van der Waals surface area contributed by atoms with Crippen molar-refractivity contribution in [3.8, 4) is 0 Å². The van der Waals surface area contributed by atoms with E-state index in [1.54, 1.807) is 12.2 Å². The van der Waals surface area contributed by atoms with Gasteiger partial charge in [0.1, 0.15) is 0 Å². The van der Waals surface area contributed by atoms with Crippen LogP contribution in [0.3, 0.4) is 0 Å². The first-order valence-corrected chi connectivity index (χ1v) is 7.88. The summed E-state index contributed by atoms with van der Waals surface area (Å²) in [6.45, 7) is 2.30. The molecule has 0 N–H and O–H groups in total. The summed E-state index contributed by atoms with van der Waals surface area (Å²) in [5, 5.41) is 0. The van der Waals surface area contributed by atoms with E-state index in [9.17, 15) is 9.59 Å². The van der Waals surface area contributed by atoms with Gasteiger partial charge < -0.3 is 0 Å². The molecule has 0 aliphatic heterocycles. The van der Waals surface area contributed by atoms with Crippen LogP contribution >= 0.6 is 0 Å². The largest absolute Gasteiger partial charge is 0.235 e. The minimum absolute atomic E-state index is 0.158. The lowest BCUT2D eigenvalue weighted by atomic mass is 9.70. The fourth-order valence-corrected chi connectivity index (χ4v) is 4.00. The third-order valence-corrected chi connectivity index (χ3v) is 5.26. The maximum Gasteiger partial charge on any atom is 0.235 e. The van der Waals surface area contributed by atoms with E-state index in [-0.39, 0.29) is 12.1 Å². The molecule has 110 valence electrons. The highest BCUT2D eigenvalue weighted by atomic mass is 16.1. The molecule has 0 aromatic carbocycles. The van der Waals surface area contributed by atoms with Crippen molar-refractivity contribution in [1.82, 2.24) is 0 Å². The van der Waals surface area contributed by atoms with E-state index in [1.807, 2.05) is 0 Å². The van der Waals surface area contributed by atoms with Crippen molar-refractivity contribution < 1.29 is 9.59 Å². The van der Waals surface area contributed by atoms with E-state index in [1.165, 1.54) is 19.3 Å². The van der Waals surface area contributed by atoms with Crippen LogP contribution in [-0.4, -0.2) is 24.2 Å². The average Bonchev–Trinajstić information content (AvgIpc) is 2.45. The highest BCUT2D eigenvalue weighted by Gasteiger charge is 2.33. The third kappa shape index (κ3) is 3.88. The molecule has 0 aromatic rings. The monoisotopic (exact) mass is 276 g/mol. The van der Waals surface area contributed by atoms with Gasteiger partial charge in [0.2, 0.25) is 12.2 Å². The zero-order chi connectivity index (χ0) is 14.4. The second kappa shape index (κ2) is 7.52. The standard InChI is InChI=1S/C16H24N2O2/c1-12-6-7-15(17-10-19)9-14(12)8-13-4-2-3-5-16(13)18-11-20/h12-16H,2-9H2,1H3. The number of hydrogen-bond acceptors (Lipinski definition) is 4. The highest BCUT2D eigenvalue weighted by Crippen LogP contribution is 2.39. The molecule has 0 radical (unpaired) electrons. The van der Waals surface area contributed by atoms with Gasteiger partial charge in [0.25, 0.3) is 0 Å². The Morgan fingerprint density at radius 1 is 0.950 bits per heavy atom. The van der Waals surface area contributed by atoms with Crippen LogP contribution in [0.1, 0.15) is 58.3 Å². The molecule has 5 unspecified atom stereocenters. The van der Waals surface area contributed by atoms with E-state index in [0.717, 1.165) is 32.1 Å². The normalized spacial score (nSPS) is 37.5. The number of hydrogen-bond donors (Lipinski definition) is 0. The molecule has 20 heavy (non-hydrogen) atoms. The first-order chi connectivity index (χ1) is 9.74. The van der Waals surface area contributed by atoms with Crippen molar-refractivity contribution in [2.24, 2.45) is 27.7 Å². The topological polar surface area (TPSA) is 58.9 Å². The van der Waals surface area contributed by atoms with Gasteiger partial charge >= 0.3 is 0 Å². The summed E-state index contributed by atoms with van der Waals surface area (Å²) in [4.78, 5) is 28.9. The lowest BCUT2D eigenvalue weighted by Gasteiger charge is -2.37. The first-order valence-electron chi connectivity index (χ1n) is 7.88. The van der Waals surface area contributed by atoms with Crippen LogP contribution < -0.4 is 0 Å². The van der Waals surface area contributed by atoms with Gasteiger partial charge in [-0.2, -0.15) is 0 Å². The summed E-state index contributed by atoms with van der Waals surface area (Å²) in [6.07, 6.45) is 12.3. The minimum Gasteiger partial charge on any atom is -0.211 e. The maximum absolute atomic E-state index is 10.6. The van der Waals surface area contributed by atoms with Crippen molar-refractivity contribution in [1.29, 1.82) is 0 Å². The zero-order valence-corrected chi connectivity index (χ0v) is 12.3. The number of isocyanates is 2. The Hall–Kier alpha value is -1.24. The maximum atomic E-state index is 10.6. The van der Waals surface area contributed by atoms with Crippen molar-refractivity contribution in [3.05, 3.63) is 0 Å². The van der Waals surface area contributed by atoms with E-state index in [0.29, 0.717) is 17.8 Å². The second-order valence-electron chi connectivity index (χ2n) is 6.49. The van der Waals surface area contributed by atoms with E-state index in [4.69, 9.17) is 0 Å². The molecule has 2 fully saturated rings. The summed E-state index contributed by atoms with van der Waals surface area (Å²) in [6, 6.07) is 0.328. The van der Waals surface area contributed by atoms with E-state index < -0.39 is 0 Å². The van der Waals surface area contributed by atoms with Crippen molar-refractivity contribution in [2.75, 3.05) is 0 Å². The van der Waals surface area contributed by atoms with Crippen LogP contribution in [-0.2, 0) is 9.59 Å². The quantitative estimate of drug-likeness (QED) is 0.583. The second-order valence-corrected chi connectivity index (χ2v) is 6.49. The smallest absolute Gasteiger partial charge is 0.211 e. The van der Waals surface area contributed by atoms with Crippen molar-refractivity contribution in [3.63, 3.8) is 0 Å². The van der Waals surface area contributed by atoms with Gasteiger partial charge in [-0.3, -0.25) is 0 Å². The van der Waals surface area contributed by atoms with Crippen LogP contribution in [0.25, 0.3) is 0 Å². The van der Waals surface area contributed by atoms with Gasteiger partial charge in [-0.1, -0.05) is 19.8 Å². The lowest BCUT2D eigenvalue weighted by Crippen LogP contribution is -2.31. The minimum atomic E-state index is 0.158.